The van der Waals surface area contributed by atoms with E-state index in [-0.39, 0.29) is 12.7 Å². The molecule has 0 saturated carbocycles. The number of ether oxygens (including phenoxy) is 1. The van der Waals surface area contributed by atoms with Crippen molar-refractivity contribution in [2.45, 2.75) is 46.1 Å². The maximum atomic E-state index is 8.75. The number of aliphatic hydroxyl groups excluding tert-OH is 1. The molecule has 0 amide bonds. The van der Waals surface area contributed by atoms with Crippen LogP contribution in [0.2, 0.25) is 0 Å². The summed E-state index contributed by atoms with van der Waals surface area (Å²) in [5.74, 6) is 0.590. The van der Waals surface area contributed by atoms with Gasteiger partial charge in [-0.3, -0.25) is 0 Å². The van der Waals surface area contributed by atoms with Gasteiger partial charge in [0.05, 0.1) is 12.7 Å². The third-order valence-corrected chi connectivity index (χ3v) is 2.64. The van der Waals surface area contributed by atoms with Crippen molar-refractivity contribution >= 4 is 0 Å². The minimum Gasteiger partial charge on any atom is -0.392 e. The Morgan fingerprint density at radius 2 is 2.14 bits per heavy atom. The molecule has 2 unspecified atom stereocenters. The fourth-order valence-electron chi connectivity index (χ4n) is 1.71. The second-order valence-corrected chi connectivity index (χ2v) is 3.98. The molecule has 0 spiro atoms. The van der Waals surface area contributed by atoms with E-state index in [0.29, 0.717) is 5.92 Å². The monoisotopic (exact) mass is 200 g/mol. The molecule has 0 heterocycles. The SMILES string of the molecule is CCCC(C)C(C/C(C)=C/CO)OC. The summed E-state index contributed by atoms with van der Waals surface area (Å²) < 4.78 is 5.46. The molecule has 1 N–H and O–H groups in total. The summed E-state index contributed by atoms with van der Waals surface area (Å²) in [6.45, 7) is 6.59. The maximum Gasteiger partial charge on any atom is 0.0633 e. The van der Waals surface area contributed by atoms with Crippen LogP contribution < -0.4 is 0 Å². The first-order valence-electron chi connectivity index (χ1n) is 5.44. The summed E-state index contributed by atoms with van der Waals surface area (Å²) in [5, 5.41) is 8.75. The minimum absolute atomic E-state index is 0.129. The molecule has 0 aromatic carbocycles. The molecule has 0 fully saturated rings. The van der Waals surface area contributed by atoms with Crippen molar-refractivity contribution in [2.75, 3.05) is 13.7 Å². The first-order valence-corrected chi connectivity index (χ1v) is 5.44. The fraction of sp³-hybridized carbons (Fsp3) is 0.833. The number of hydrogen-bond donors (Lipinski definition) is 1. The van der Waals surface area contributed by atoms with Gasteiger partial charge in [0.25, 0.3) is 0 Å². The summed E-state index contributed by atoms with van der Waals surface area (Å²) >= 11 is 0. The van der Waals surface area contributed by atoms with Crippen molar-refractivity contribution < 1.29 is 9.84 Å². The first-order chi connectivity index (χ1) is 6.65. The van der Waals surface area contributed by atoms with E-state index >= 15 is 0 Å². The average Bonchev–Trinajstić information content (AvgIpc) is 2.15. The summed E-state index contributed by atoms with van der Waals surface area (Å²) in [4.78, 5) is 0. The molecule has 0 aromatic heterocycles. The van der Waals surface area contributed by atoms with E-state index in [1.165, 1.54) is 18.4 Å². The third-order valence-electron chi connectivity index (χ3n) is 2.64. The fourth-order valence-corrected chi connectivity index (χ4v) is 1.71. The summed E-state index contributed by atoms with van der Waals surface area (Å²) in [5.41, 5.74) is 1.21. The van der Waals surface area contributed by atoms with E-state index in [1.807, 2.05) is 13.0 Å². The highest BCUT2D eigenvalue weighted by Gasteiger charge is 2.15. The van der Waals surface area contributed by atoms with Crippen LogP contribution in [-0.4, -0.2) is 24.9 Å². The molecular formula is C12H24O2. The maximum absolute atomic E-state index is 8.75. The van der Waals surface area contributed by atoms with Gasteiger partial charge >= 0.3 is 0 Å². The van der Waals surface area contributed by atoms with E-state index in [2.05, 4.69) is 13.8 Å². The Morgan fingerprint density at radius 1 is 1.50 bits per heavy atom. The highest BCUT2D eigenvalue weighted by atomic mass is 16.5. The normalized spacial score (nSPS) is 16.8. The van der Waals surface area contributed by atoms with Crippen LogP contribution >= 0.6 is 0 Å². The van der Waals surface area contributed by atoms with Crippen molar-refractivity contribution in [3.05, 3.63) is 11.6 Å². The largest absolute Gasteiger partial charge is 0.392 e. The van der Waals surface area contributed by atoms with Crippen LogP contribution in [0.4, 0.5) is 0 Å². The first kappa shape index (κ1) is 13.7. The van der Waals surface area contributed by atoms with Crippen molar-refractivity contribution in [3.8, 4) is 0 Å². The van der Waals surface area contributed by atoms with Gasteiger partial charge in [-0.25, -0.2) is 0 Å². The number of aliphatic hydroxyl groups is 1. The van der Waals surface area contributed by atoms with Crippen molar-refractivity contribution in [1.82, 2.24) is 0 Å². The van der Waals surface area contributed by atoms with Gasteiger partial charge in [-0.1, -0.05) is 31.9 Å². The van der Waals surface area contributed by atoms with Crippen LogP contribution in [0.5, 0.6) is 0 Å². The molecule has 0 aromatic rings. The van der Waals surface area contributed by atoms with Gasteiger partial charge in [0.2, 0.25) is 0 Å². The zero-order valence-electron chi connectivity index (χ0n) is 9.92. The van der Waals surface area contributed by atoms with Gasteiger partial charge in [0.15, 0.2) is 0 Å². The molecular weight excluding hydrogens is 176 g/mol. The number of hydrogen-bond acceptors (Lipinski definition) is 2. The molecule has 0 aliphatic rings. The molecule has 2 atom stereocenters. The lowest BCUT2D eigenvalue weighted by molar-refractivity contribution is 0.0553. The van der Waals surface area contributed by atoms with Crippen LogP contribution in [0, 0.1) is 5.92 Å². The van der Waals surface area contributed by atoms with Gasteiger partial charge < -0.3 is 9.84 Å². The van der Waals surface area contributed by atoms with Gasteiger partial charge in [0, 0.05) is 7.11 Å². The Labute approximate surface area is 88.0 Å². The zero-order valence-corrected chi connectivity index (χ0v) is 9.92. The van der Waals surface area contributed by atoms with Crippen LogP contribution in [0.15, 0.2) is 11.6 Å². The number of rotatable bonds is 7. The van der Waals surface area contributed by atoms with Gasteiger partial charge in [-0.05, 0) is 25.7 Å². The highest BCUT2D eigenvalue weighted by molar-refractivity contribution is 5.00. The van der Waals surface area contributed by atoms with E-state index in [1.54, 1.807) is 7.11 Å². The van der Waals surface area contributed by atoms with Crippen LogP contribution in [0.25, 0.3) is 0 Å². The van der Waals surface area contributed by atoms with Crippen LogP contribution in [0.1, 0.15) is 40.0 Å². The lowest BCUT2D eigenvalue weighted by Crippen LogP contribution is -2.20. The lowest BCUT2D eigenvalue weighted by Gasteiger charge is -2.22. The van der Waals surface area contributed by atoms with Crippen LogP contribution in [0.3, 0.4) is 0 Å². The molecule has 0 aliphatic heterocycles. The Hall–Kier alpha value is -0.340. The molecule has 84 valence electrons. The predicted molar refractivity (Wildman–Crippen MR) is 60.3 cm³/mol. The molecule has 2 nitrogen and oxygen atoms in total. The van der Waals surface area contributed by atoms with Gasteiger partial charge in [-0.2, -0.15) is 0 Å². The smallest absolute Gasteiger partial charge is 0.0633 e. The second-order valence-electron chi connectivity index (χ2n) is 3.98. The van der Waals surface area contributed by atoms with Crippen LogP contribution in [-0.2, 0) is 4.74 Å². The van der Waals surface area contributed by atoms with E-state index in [0.717, 1.165) is 6.42 Å². The molecule has 0 bridgehead atoms. The Morgan fingerprint density at radius 3 is 2.57 bits per heavy atom. The van der Waals surface area contributed by atoms with Crippen molar-refractivity contribution in [3.63, 3.8) is 0 Å². The molecule has 14 heavy (non-hydrogen) atoms. The van der Waals surface area contributed by atoms with E-state index < -0.39 is 0 Å². The molecule has 0 aliphatic carbocycles. The lowest BCUT2D eigenvalue weighted by atomic mass is 9.94. The Balaban J connectivity index is 4.07. The summed E-state index contributed by atoms with van der Waals surface area (Å²) in [6, 6.07) is 0. The molecule has 0 saturated heterocycles. The Kier molecular flexibility index (Phi) is 7.81. The molecule has 0 rings (SSSR count). The van der Waals surface area contributed by atoms with E-state index in [9.17, 15) is 0 Å². The van der Waals surface area contributed by atoms with Gasteiger partial charge in [0.1, 0.15) is 0 Å². The van der Waals surface area contributed by atoms with Crippen molar-refractivity contribution in [1.29, 1.82) is 0 Å². The predicted octanol–water partition coefficient (Wildman–Crippen LogP) is 2.77. The second kappa shape index (κ2) is 8.01. The zero-order chi connectivity index (χ0) is 11.0. The highest BCUT2D eigenvalue weighted by Crippen LogP contribution is 2.19. The number of methoxy groups -OCH3 is 1. The molecule has 2 heteroatoms. The quantitative estimate of drug-likeness (QED) is 0.640. The van der Waals surface area contributed by atoms with Gasteiger partial charge in [-0.15, -0.1) is 0 Å². The van der Waals surface area contributed by atoms with E-state index in [4.69, 9.17) is 9.84 Å². The topological polar surface area (TPSA) is 29.5 Å². The Bertz CT molecular complexity index is 164. The molecule has 0 radical (unpaired) electrons. The summed E-state index contributed by atoms with van der Waals surface area (Å²) in [7, 11) is 1.77. The third kappa shape index (κ3) is 5.40. The minimum atomic E-state index is 0.129. The van der Waals surface area contributed by atoms with Crippen molar-refractivity contribution in [2.24, 2.45) is 5.92 Å². The standard InChI is InChI=1S/C12H24O2/c1-5-6-11(3)12(14-4)9-10(2)7-8-13/h7,11-13H,5-6,8-9H2,1-4H3/b10-7+. The average molecular weight is 200 g/mol. The summed E-state index contributed by atoms with van der Waals surface area (Å²) in [6.07, 6.45) is 5.47.